The lowest BCUT2D eigenvalue weighted by atomic mass is 9.80. The molecule has 2 heterocycles. The molecule has 2 N–H and O–H groups in total. The average molecular weight is 693 g/mol. The summed E-state index contributed by atoms with van der Waals surface area (Å²) in [6, 6.07) is 25.4. The molecule has 5 rings (SSSR count). The van der Waals surface area contributed by atoms with Crippen LogP contribution in [0, 0.1) is 5.92 Å². The van der Waals surface area contributed by atoms with Crippen molar-refractivity contribution in [3.63, 3.8) is 0 Å². The van der Waals surface area contributed by atoms with E-state index in [0.717, 1.165) is 15.8 Å². The lowest BCUT2D eigenvalue weighted by molar-refractivity contribution is -0.146. The average Bonchev–Trinajstić information content (AvgIpc) is 3.45. The summed E-state index contributed by atoms with van der Waals surface area (Å²) >= 11 is 10.9. The van der Waals surface area contributed by atoms with E-state index in [1.54, 1.807) is 0 Å². The Labute approximate surface area is 286 Å². The number of rotatable bonds is 10. The van der Waals surface area contributed by atoms with Gasteiger partial charge in [-0.25, -0.2) is 9.78 Å². The minimum atomic E-state index is -2.30. The van der Waals surface area contributed by atoms with Crippen LogP contribution in [0.25, 0.3) is 10.2 Å². The van der Waals surface area contributed by atoms with E-state index >= 15 is 0 Å². The number of aromatic nitrogens is 1. The van der Waals surface area contributed by atoms with E-state index in [4.69, 9.17) is 34.4 Å². The number of ether oxygens (including phenoxy) is 1. The van der Waals surface area contributed by atoms with E-state index in [9.17, 15) is 14.7 Å². The van der Waals surface area contributed by atoms with E-state index in [1.807, 2.05) is 91.9 Å². The summed E-state index contributed by atoms with van der Waals surface area (Å²) in [5.74, 6) is -2.31. The Kier molecular flexibility index (Phi) is 9.82. The third-order valence-electron chi connectivity index (χ3n) is 8.89. The number of esters is 1. The first-order valence-corrected chi connectivity index (χ1v) is 19.8. The van der Waals surface area contributed by atoms with Gasteiger partial charge < -0.3 is 19.6 Å². The Morgan fingerprint density at radius 3 is 2.02 bits per heavy atom. The Bertz CT molecular complexity index is 1680. The highest BCUT2D eigenvalue weighted by molar-refractivity contribution is 8.00. The second-order valence-electron chi connectivity index (χ2n) is 13.1. The molecule has 0 saturated carbocycles. The molecule has 2 unspecified atom stereocenters. The molecule has 7 nitrogen and oxygen atoms in total. The Morgan fingerprint density at radius 1 is 0.957 bits per heavy atom. The first kappa shape index (κ1) is 34.2. The number of fused-ring (bicyclic) bond motifs is 1. The van der Waals surface area contributed by atoms with Crippen molar-refractivity contribution >= 4 is 67.0 Å². The number of nitrogens with one attached hydrogen (secondary N) is 1. The zero-order valence-corrected chi connectivity index (χ0v) is 30.3. The molecule has 4 aromatic rings. The van der Waals surface area contributed by atoms with Crippen LogP contribution in [0.4, 0.5) is 0 Å². The number of nitrogens with zero attached hydrogens (tertiary/aromatic N) is 1. The molecule has 242 valence electrons. The van der Waals surface area contributed by atoms with Crippen molar-refractivity contribution in [1.29, 1.82) is 0 Å². The number of carbonyl (C=O) groups excluding carboxylic acids is 2. The summed E-state index contributed by atoms with van der Waals surface area (Å²) in [6.45, 7) is 12.4. The van der Waals surface area contributed by atoms with Gasteiger partial charge >= 0.3 is 5.97 Å². The normalized spacial score (nSPS) is 18.5. The maximum Gasteiger partial charge on any atom is 0.340 e. The molecular weight excluding hydrogens is 653 g/mol. The topological polar surface area (TPSA) is 97.8 Å². The third kappa shape index (κ3) is 6.80. The van der Waals surface area contributed by atoms with E-state index in [-0.39, 0.29) is 16.5 Å². The maximum atomic E-state index is 14.4. The fraction of sp³-hybridized carbons (Fsp3) is 0.343. The number of carbonyl (C=O) groups is 2. The Morgan fingerprint density at radius 2 is 1.50 bits per heavy atom. The summed E-state index contributed by atoms with van der Waals surface area (Å²) in [4.78, 5) is 32.3. The van der Waals surface area contributed by atoms with Gasteiger partial charge in [0.25, 0.3) is 0 Å². The van der Waals surface area contributed by atoms with E-state index < -0.39 is 48.3 Å². The monoisotopic (exact) mass is 692 g/mol. The van der Waals surface area contributed by atoms with E-state index in [1.165, 1.54) is 11.3 Å². The standard InChI is InChI=1S/C35H40N2O5S3Si/c1-21(42-46(5,6)34(2,3)4)26-28(37-31(26)39)27(30(38)35(43,44)33-36-24-19-13-14-20-25(24)45-33)32(40)41-29(22-15-9-7-10-16-22)23-17-11-8-12-18-23/h7-21,26,28-29,38,43-44H,1-6H3,(H,37,39)/t21-,26?,28?/m1/s1. The summed E-state index contributed by atoms with van der Waals surface area (Å²) in [5, 5.41) is 15.2. The van der Waals surface area contributed by atoms with Gasteiger partial charge in [0.1, 0.15) is 16.3 Å². The van der Waals surface area contributed by atoms with Crippen molar-refractivity contribution in [3.05, 3.63) is 112 Å². The number of amides is 1. The second-order valence-corrected chi connectivity index (χ2v) is 20.6. The van der Waals surface area contributed by atoms with Gasteiger partial charge in [-0.15, -0.1) is 36.6 Å². The van der Waals surface area contributed by atoms with Crippen LogP contribution in [0.2, 0.25) is 18.1 Å². The molecule has 3 atom stereocenters. The molecule has 0 radical (unpaired) electrons. The van der Waals surface area contributed by atoms with Gasteiger partial charge in [-0.2, -0.15) is 0 Å². The highest BCUT2D eigenvalue weighted by Gasteiger charge is 2.53. The van der Waals surface area contributed by atoms with E-state index in [0.29, 0.717) is 10.5 Å². The highest BCUT2D eigenvalue weighted by Crippen LogP contribution is 2.46. The predicted molar refractivity (Wildman–Crippen MR) is 193 cm³/mol. The molecule has 11 heteroatoms. The highest BCUT2D eigenvalue weighted by atomic mass is 32.2. The van der Waals surface area contributed by atoms with Crippen LogP contribution in [0.5, 0.6) is 0 Å². The number of hydrogen-bond acceptors (Lipinski definition) is 9. The molecule has 0 aliphatic carbocycles. The number of benzene rings is 3. The number of aliphatic hydroxyl groups is 1. The minimum Gasteiger partial charge on any atom is -0.509 e. The molecule has 1 fully saturated rings. The lowest BCUT2D eigenvalue weighted by Gasteiger charge is -2.46. The van der Waals surface area contributed by atoms with E-state index in [2.05, 4.69) is 44.2 Å². The number of β-lactam (4-membered cyclic amide) rings is 1. The van der Waals surface area contributed by atoms with Crippen LogP contribution >= 0.6 is 36.6 Å². The predicted octanol–water partition coefficient (Wildman–Crippen LogP) is 7.98. The molecule has 1 saturated heterocycles. The number of aliphatic hydroxyl groups excluding tert-OH is 1. The van der Waals surface area contributed by atoms with Crippen molar-refractivity contribution in [1.82, 2.24) is 10.3 Å². The second kappa shape index (κ2) is 13.2. The van der Waals surface area contributed by atoms with Crippen LogP contribution in [0.3, 0.4) is 0 Å². The minimum absolute atomic E-state index is 0.104. The fourth-order valence-electron chi connectivity index (χ4n) is 5.28. The van der Waals surface area contributed by atoms with Crippen molar-refractivity contribution in [2.24, 2.45) is 5.92 Å². The van der Waals surface area contributed by atoms with Crippen molar-refractivity contribution in [2.45, 2.75) is 68.2 Å². The molecule has 0 spiro atoms. The molecule has 1 amide bonds. The Balaban J connectivity index is 1.59. The van der Waals surface area contributed by atoms with Crippen molar-refractivity contribution in [2.75, 3.05) is 0 Å². The van der Waals surface area contributed by atoms with Crippen molar-refractivity contribution in [3.8, 4) is 0 Å². The molecule has 1 aliphatic rings. The maximum absolute atomic E-state index is 14.4. The Hall–Kier alpha value is -3.09. The molecule has 0 bridgehead atoms. The largest absolute Gasteiger partial charge is 0.509 e. The van der Waals surface area contributed by atoms with Crippen LogP contribution in [0.15, 0.2) is 96.3 Å². The van der Waals surface area contributed by atoms with Gasteiger partial charge in [0.15, 0.2) is 18.5 Å². The molecule has 3 aromatic carbocycles. The van der Waals surface area contributed by atoms with Crippen LogP contribution < -0.4 is 5.32 Å². The summed E-state index contributed by atoms with van der Waals surface area (Å²) < 4.78 is 12.1. The van der Waals surface area contributed by atoms with Crippen LogP contribution in [-0.4, -0.2) is 42.4 Å². The summed E-state index contributed by atoms with van der Waals surface area (Å²) in [6.07, 6.45) is -1.34. The number of thiazole rings is 1. The number of para-hydroxylation sites is 1. The number of thiol groups is 2. The van der Waals surface area contributed by atoms with Crippen molar-refractivity contribution < 1.29 is 23.9 Å². The van der Waals surface area contributed by atoms with Gasteiger partial charge in [-0.1, -0.05) is 93.6 Å². The van der Waals surface area contributed by atoms with Gasteiger partial charge in [0.05, 0.1) is 28.3 Å². The summed E-state index contributed by atoms with van der Waals surface area (Å²) in [7, 11) is -2.30. The fourth-order valence-corrected chi connectivity index (χ4v) is 8.28. The molecular formula is C35H40N2O5S3Si. The SMILES string of the molecule is C[C@@H](O[Si](C)(C)C(C)(C)C)C1C(=O)NC1C(C(=O)OC(c1ccccc1)c1ccccc1)=C(O)C(S)(S)c1nc2ccccc2s1. The molecule has 1 aromatic heterocycles. The quantitative estimate of drug-likeness (QED) is 0.0256. The summed E-state index contributed by atoms with van der Waals surface area (Å²) in [5.41, 5.74) is 2.07. The first-order chi connectivity index (χ1) is 21.6. The van der Waals surface area contributed by atoms with Gasteiger partial charge in [-0.05, 0) is 48.3 Å². The van der Waals surface area contributed by atoms with Crippen LogP contribution in [-0.2, 0) is 22.8 Å². The van der Waals surface area contributed by atoms with Gasteiger partial charge in [-0.3, -0.25) is 4.79 Å². The zero-order chi connectivity index (χ0) is 33.4. The lowest BCUT2D eigenvalue weighted by Crippen LogP contribution is -2.65. The van der Waals surface area contributed by atoms with Gasteiger partial charge in [0, 0.05) is 0 Å². The first-order valence-electron chi connectivity index (χ1n) is 15.2. The van der Waals surface area contributed by atoms with Crippen LogP contribution in [0.1, 0.15) is 49.9 Å². The smallest absolute Gasteiger partial charge is 0.340 e. The molecule has 1 aliphatic heterocycles. The molecule has 46 heavy (non-hydrogen) atoms. The third-order valence-corrected chi connectivity index (χ3v) is 15.8. The van der Waals surface area contributed by atoms with Gasteiger partial charge in [0.2, 0.25) is 5.91 Å². The number of hydrogen-bond donors (Lipinski definition) is 4. The zero-order valence-electron chi connectivity index (χ0n) is 26.7.